The van der Waals surface area contributed by atoms with E-state index in [1.54, 1.807) is 0 Å². The zero-order chi connectivity index (χ0) is 16.9. The van der Waals surface area contributed by atoms with Gasteiger partial charge in [0.05, 0.1) is 6.61 Å². The summed E-state index contributed by atoms with van der Waals surface area (Å²) < 4.78 is 5.78. The zero-order valence-corrected chi connectivity index (χ0v) is 14.2. The van der Waals surface area contributed by atoms with Crippen molar-refractivity contribution in [1.82, 2.24) is 9.97 Å². The van der Waals surface area contributed by atoms with E-state index in [-0.39, 0.29) is 0 Å². The first kappa shape index (κ1) is 16.0. The van der Waals surface area contributed by atoms with Gasteiger partial charge < -0.3 is 10.1 Å². The minimum atomic E-state index is 0.578. The van der Waals surface area contributed by atoms with Gasteiger partial charge in [0.2, 0.25) is 0 Å². The van der Waals surface area contributed by atoms with Crippen molar-refractivity contribution in [2.24, 2.45) is 0 Å². The van der Waals surface area contributed by atoms with E-state index in [0.29, 0.717) is 12.4 Å². The van der Waals surface area contributed by atoms with Crippen molar-refractivity contribution in [1.29, 1.82) is 0 Å². The second kappa shape index (κ2) is 7.13. The Morgan fingerprint density at radius 3 is 2.58 bits per heavy atom. The highest BCUT2D eigenvalue weighted by molar-refractivity contribution is 5.70. The Balaban J connectivity index is 1.95. The quantitative estimate of drug-likeness (QED) is 0.726. The van der Waals surface area contributed by atoms with Crippen molar-refractivity contribution in [2.75, 3.05) is 11.9 Å². The summed E-state index contributed by atoms with van der Waals surface area (Å²) in [4.78, 5) is 9.01. The molecule has 0 aliphatic rings. The molecule has 2 aromatic heterocycles. The number of nitrogens with one attached hydrogen (secondary N) is 1. The highest BCUT2D eigenvalue weighted by Crippen LogP contribution is 2.30. The highest BCUT2D eigenvalue weighted by atomic mass is 16.5. The molecule has 0 saturated heterocycles. The lowest BCUT2D eigenvalue weighted by Gasteiger charge is -2.13. The van der Waals surface area contributed by atoms with Crippen molar-refractivity contribution in [3.05, 3.63) is 66.0 Å². The molecule has 0 radical (unpaired) electrons. The molecule has 4 heteroatoms. The van der Waals surface area contributed by atoms with Gasteiger partial charge in [0.15, 0.2) is 11.6 Å². The maximum atomic E-state index is 5.78. The summed E-state index contributed by atoms with van der Waals surface area (Å²) in [6.07, 6.45) is 1.86. The van der Waals surface area contributed by atoms with Gasteiger partial charge in [0.25, 0.3) is 0 Å². The average molecular weight is 319 g/mol. The van der Waals surface area contributed by atoms with Crippen LogP contribution in [-0.4, -0.2) is 16.6 Å². The summed E-state index contributed by atoms with van der Waals surface area (Å²) in [5, 5.41) is 3.24. The minimum absolute atomic E-state index is 0.578. The van der Waals surface area contributed by atoms with Crippen molar-refractivity contribution < 1.29 is 4.74 Å². The van der Waals surface area contributed by atoms with Crippen LogP contribution in [0.2, 0.25) is 0 Å². The molecule has 0 bridgehead atoms. The molecule has 3 aromatic rings. The van der Waals surface area contributed by atoms with Crippen molar-refractivity contribution >= 4 is 11.6 Å². The lowest BCUT2D eigenvalue weighted by molar-refractivity contribution is 0.341. The van der Waals surface area contributed by atoms with Crippen LogP contribution in [0.15, 0.2) is 54.7 Å². The standard InChI is InChI=1S/C20H21N3O/c1-4-24-18-12-17(16-9-5-7-14(2)11-16)13-21-20(18)23-19-10-6-8-15(3)22-19/h5-13H,4H2,1-3H3,(H,21,22,23). The number of aromatic nitrogens is 2. The number of ether oxygens (including phenoxy) is 1. The summed E-state index contributed by atoms with van der Waals surface area (Å²) in [5.74, 6) is 2.15. The molecule has 0 unspecified atom stereocenters. The number of hydrogen-bond donors (Lipinski definition) is 1. The summed E-state index contributed by atoms with van der Waals surface area (Å²) >= 11 is 0. The summed E-state index contributed by atoms with van der Waals surface area (Å²) in [5.41, 5.74) is 4.33. The molecule has 0 aliphatic carbocycles. The molecule has 0 saturated carbocycles. The van der Waals surface area contributed by atoms with Crippen molar-refractivity contribution in [2.45, 2.75) is 20.8 Å². The zero-order valence-electron chi connectivity index (χ0n) is 14.2. The van der Waals surface area contributed by atoms with Crippen LogP contribution in [0.1, 0.15) is 18.2 Å². The Morgan fingerprint density at radius 1 is 1.00 bits per heavy atom. The maximum absolute atomic E-state index is 5.78. The van der Waals surface area contributed by atoms with Gasteiger partial charge in [-0.2, -0.15) is 0 Å². The van der Waals surface area contributed by atoms with Gasteiger partial charge >= 0.3 is 0 Å². The predicted octanol–water partition coefficient (Wildman–Crippen LogP) is 4.90. The second-order valence-electron chi connectivity index (χ2n) is 5.66. The third-order valence-corrected chi connectivity index (χ3v) is 3.64. The summed E-state index contributed by atoms with van der Waals surface area (Å²) in [6.45, 7) is 6.59. The van der Waals surface area contributed by atoms with Gasteiger partial charge in [-0.3, -0.25) is 0 Å². The maximum Gasteiger partial charge on any atom is 0.174 e. The van der Waals surface area contributed by atoms with E-state index >= 15 is 0 Å². The number of anilines is 2. The Bertz CT molecular complexity index is 846. The molecule has 122 valence electrons. The third-order valence-electron chi connectivity index (χ3n) is 3.64. The fourth-order valence-electron chi connectivity index (χ4n) is 2.52. The monoisotopic (exact) mass is 319 g/mol. The predicted molar refractivity (Wildman–Crippen MR) is 97.8 cm³/mol. The average Bonchev–Trinajstić information content (AvgIpc) is 2.57. The van der Waals surface area contributed by atoms with E-state index in [1.807, 2.05) is 50.4 Å². The topological polar surface area (TPSA) is 47.0 Å². The highest BCUT2D eigenvalue weighted by Gasteiger charge is 2.09. The van der Waals surface area contributed by atoms with Gasteiger partial charge in [0.1, 0.15) is 5.82 Å². The van der Waals surface area contributed by atoms with Crippen LogP contribution in [0.3, 0.4) is 0 Å². The summed E-state index contributed by atoms with van der Waals surface area (Å²) in [6, 6.07) is 16.2. The number of hydrogen-bond acceptors (Lipinski definition) is 4. The first-order valence-corrected chi connectivity index (χ1v) is 8.06. The van der Waals surface area contributed by atoms with E-state index in [0.717, 1.165) is 28.4 Å². The van der Waals surface area contributed by atoms with Gasteiger partial charge in [-0.1, -0.05) is 35.9 Å². The van der Waals surface area contributed by atoms with Gasteiger partial charge in [-0.15, -0.1) is 0 Å². The second-order valence-corrected chi connectivity index (χ2v) is 5.66. The molecular weight excluding hydrogens is 298 g/mol. The molecule has 0 amide bonds. The van der Waals surface area contributed by atoms with Crippen LogP contribution >= 0.6 is 0 Å². The largest absolute Gasteiger partial charge is 0.490 e. The van der Waals surface area contributed by atoms with Crippen molar-refractivity contribution in [3.8, 4) is 16.9 Å². The van der Waals surface area contributed by atoms with Crippen molar-refractivity contribution in [3.63, 3.8) is 0 Å². The smallest absolute Gasteiger partial charge is 0.174 e. The van der Waals surface area contributed by atoms with E-state index in [1.165, 1.54) is 5.56 Å². The molecule has 24 heavy (non-hydrogen) atoms. The van der Waals surface area contributed by atoms with E-state index in [9.17, 15) is 0 Å². The Hall–Kier alpha value is -2.88. The third kappa shape index (κ3) is 3.71. The molecule has 3 rings (SSSR count). The minimum Gasteiger partial charge on any atom is -0.490 e. The van der Waals surface area contributed by atoms with Crippen LogP contribution in [0, 0.1) is 13.8 Å². The molecule has 0 aliphatic heterocycles. The fraction of sp³-hybridized carbons (Fsp3) is 0.200. The molecule has 1 N–H and O–H groups in total. The fourth-order valence-corrected chi connectivity index (χ4v) is 2.52. The summed E-state index contributed by atoms with van der Waals surface area (Å²) in [7, 11) is 0. The first-order chi connectivity index (χ1) is 11.7. The molecule has 2 heterocycles. The SMILES string of the molecule is CCOc1cc(-c2cccc(C)c2)cnc1Nc1cccc(C)n1. The van der Waals surface area contributed by atoms with E-state index < -0.39 is 0 Å². The number of rotatable bonds is 5. The van der Waals surface area contributed by atoms with E-state index in [2.05, 4.69) is 40.4 Å². The van der Waals surface area contributed by atoms with Gasteiger partial charge in [-0.05, 0) is 44.5 Å². The number of aryl methyl sites for hydroxylation is 2. The number of nitrogens with zero attached hydrogens (tertiary/aromatic N) is 2. The lowest BCUT2D eigenvalue weighted by Crippen LogP contribution is -2.02. The normalized spacial score (nSPS) is 10.5. The number of benzene rings is 1. The Morgan fingerprint density at radius 2 is 1.83 bits per heavy atom. The molecule has 0 spiro atoms. The van der Waals surface area contributed by atoms with Crippen LogP contribution in [0.25, 0.3) is 11.1 Å². The number of pyridine rings is 2. The molecule has 0 atom stereocenters. The van der Waals surface area contributed by atoms with Crippen LogP contribution in [0.4, 0.5) is 11.6 Å². The molecule has 1 aromatic carbocycles. The van der Waals surface area contributed by atoms with Gasteiger partial charge in [-0.25, -0.2) is 9.97 Å². The molecular formula is C20H21N3O. The van der Waals surface area contributed by atoms with Crippen LogP contribution in [-0.2, 0) is 0 Å². The van der Waals surface area contributed by atoms with E-state index in [4.69, 9.17) is 4.74 Å². The van der Waals surface area contributed by atoms with Crippen LogP contribution in [0.5, 0.6) is 5.75 Å². The first-order valence-electron chi connectivity index (χ1n) is 8.06. The Labute approximate surface area is 142 Å². The Kier molecular flexibility index (Phi) is 4.75. The molecule has 4 nitrogen and oxygen atoms in total. The van der Waals surface area contributed by atoms with Crippen LogP contribution < -0.4 is 10.1 Å². The van der Waals surface area contributed by atoms with Gasteiger partial charge in [0, 0.05) is 17.5 Å². The molecule has 0 fully saturated rings. The lowest BCUT2D eigenvalue weighted by atomic mass is 10.1.